The van der Waals surface area contributed by atoms with Crippen LogP contribution in [-0.2, 0) is 0 Å². The van der Waals surface area contributed by atoms with Crippen LogP contribution >= 0.6 is 73.9 Å². The fraction of sp³-hybridized carbons (Fsp3) is 0.200. The molecule has 0 saturated heterocycles. The SMILES string of the molecule is CC1=CC=CC(C)(O)C1Br.Cc1cc(Cl)ccc1O.Cc1cc(O)c(Cl)c(C)c1Cl.Cc1cc(O)cc(C)c1Cl.Cc1cc(O)ccc1Cl.Oc1ccccc1-c1ccccc1. The Bertz CT molecular complexity index is 2350. The van der Waals surface area contributed by atoms with Gasteiger partial charge in [0.25, 0.3) is 0 Å². The molecule has 12 heteroatoms. The van der Waals surface area contributed by atoms with Gasteiger partial charge in [-0.1, -0.05) is 146 Å². The summed E-state index contributed by atoms with van der Waals surface area (Å²) in [6.45, 7) is 14.8. The number of hydrogen-bond donors (Lipinski definition) is 6. The van der Waals surface area contributed by atoms with Crippen LogP contribution in [-0.4, -0.2) is 41.1 Å². The molecule has 0 aliphatic heterocycles. The minimum atomic E-state index is -0.723. The van der Waals surface area contributed by atoms with E-state index in [1.807, 2.05) is 95.3 Å². The molecule has 0 fully saturated rings. The van der Waals surface area contributed by atoms with E-state index < -0.39 is 5.60 Å². The van der Waals surface area contributed by atoms with Crippen molar-refractivity contribution >= 4 is 73.9 Å². The van der Waals surface area contributed by atoms with E-state index in [9.17, 15) is 15.3 Å². The lowest BCUT2D eigenvalue weighted by Crippen LogP contribution is -2.34. The van der Waals surface area contributed by atoms with E-state index in [1.165, 1.54) is 0 Å². The van der Waals surface area contributed by atoms with Gasteiger partial charge in [-0.15, -0.1) is 0 Å². The lowest BCUT2D eigenvalue weighted by atomic mass is 9.92. The molecule has 0 heterocycles. The van der Waals surface area contributed by atoms with Crippen molar-refractivity contribution in [1.82, 2.24) is 0 Å². The fourth-order valence-electron chi connectivity index (χ4n) is 5.45. The minimum Gasteiger partial charge on any atom is -0.508 e. The summed E-state index contributed by atoms with van der Waals surface area (Å²) in [7, 11) is 0. The Morgan fingerprint density at radius 2 is 1.06 bits per heavy atom. The third-order valence-electron chi connectivity index (χ3n) is 9.00. The highest BCUT2D eigenvalue weighted by molar-refractivity contribution is 9.09. The second-order valence-corrected chi connectivity index (χ2v) is 17.4. The smallest absolute Gasteiger partial charge is 0.134 e. The maximum absolute atomic E-state index is 9.64. The number of para-hydroxylation sites is 1. The summed E-state index contributed by atoms with van der Waals surface area (Å²) in [5.41, 5.74) is 7.46. The Labute approximate surface area is 399 Å². The molecular formula is C50H52BrCl5O6. The van der Waals surface area contributed by atoms with E-state index in [0.29, 0.717) is 31.6 Å². The second-order valence-electron chi connectivity index (χ2n) is 14.5. The second kappa shape index (κ2) is 25.7. The molecular weight excluding hydrogens is 954 g/mol. The molecule has 7 rings (SSSR count). The zero-order valence-electron chi connectivity index (χ0n) is 35.7. The Balaban J connectivity index is 0.000000257. The number of alkyl halides is 1. The number of halogens is 6. The first-order valence-electron chi connectivity index (χ1n) is 19.0. The Morgan fingerprint density at radius 1 is 0.516 bits per heavy atom. The van der Waals surface area contributed by atoms with E-state index >= 15 is 0 Å². The first-order valence-corrected chi connectivity index (χ1v) is 21.8. The van der Waals surface area contributed by atoms with Gasteiger partial charge in [0.2, 0.25) is 0 Å². The lowest BCUT2D eigenvalue weighted by molar-refractivity contribution is 0.118. The Kier molecular flexibility index (Phi) is 22.3. The van der Waals surface area contributed by atoms with Crippen molar-refractivity contribution in [3.8, 4) is 39.9 Å². The van der Waals surface area contributed by atoms with Gasteiger partial charge in [-0.3, -0.25) is 0 Å². The van der Waals surface area contributed by atoms with Crippen molar-refractivity contribution < 1.29 is 30.6 Å². The highest BCUT2D eigenvalue weighted by atomic mass is 79.9. The minimum absolute atomic E-state index is 0.0602. The van der Waals surface area contributed by atoms with Gasteiger partial charge in [0.15, 0.2) is 0 Å². The van der Waals surface area contributed by atoms with Crippen molar-refractivity contribution in [3.05, 3.63) is 191 Å². The lowest BCUT2D eigenvalue weighted by Gasteiger charge is -2.28. The maximum Gasteiger partial charge on any atom is 0.134 e. The van der Waals surface area contributed by atoms with Gasteiger partial charge in [-0.25, -0.2) is 0 Å². The zero-order valence-corrected chi connectivity index (χ0v) is 41.0. The van der Waals surface area contributed by atoms with E-state index in [2.05, 4.69) is 15.9 Å². The maximum atomic E-state index is 9.64. The summed E-state index contributed by atoms with van der Waals surface area (Å²) in [6, 6.07) is 31.9. The quantitative estimate of drug-likeness (QED) is 0.0913. The third-order valence-corrected chi connectivity index (χ3v) is 13.0. The van der Waals surface area contributed by atoms with Gasteiger partial charge in [-0.05, 0) is 155 Å². The monoisotopic (exact) mass is 1000 g/mol. The standard InChI is InChI=1S/C12H10O.C8H11BrO.C8H8Cl2O.C8H9ClO.2C7H7ClO/c13-12-9-5-4-8-11(12)10-6-2-1-3-7-10;1-6-4-3-5-8(2,10)7(6)9;1-4-3-6(11)8(10)5(2)7(4)9;1-5-3-7(10)4-6(2)8(5)9;1-5-4-6(9)2-3-7(5)8;1-5-4-6(8)2-3-7(5)9/h1-9,13H;3-5,7,10H,1-2H3;3,11H,1-2H3;3-4,10H,1-2H3;2*2-4,9H,1H3. The van der Waals surface area contributed by atoms with E-state index in [4.69, 9.17) is 73.3 Å². The molecule has 6 aromatic rings. The normalized spacial score (nSPS) is 14.6. The van der Waals surface area contributed by atoms with Gasteiger partial charge < -0.3 is 30.6 Å². The summed E-state index contributed by atoms with van der Waals surface area (Å²) in [5.74, 6) is 1.25. The first-order chi connectivity index (χ1) is 29.0. The van der Waals surface area contributed by atoms with Crippen LogP contribution in [0.15, 0.2) is 133 Å². The van der Waals surface area contributed by atoms with Crippen molar-refractivity contribution in [2.75, 3.05) is 0 Å². The van der Waals surface area contributed by atoms with Crippen molar-refractivity contribution in [2.24, 2.45) is 0 Å². The summed E-state index contributed by atoms with van der Waals surface area (Å²) in [5, 5.41) is 58.4. The molecule has 6 N–H and O–H groups in total. The fourth-order valence-corrected chi connectivity index (χ4v) is 6.55. The van der Waals surface area contributed by atoms with E-state index in [-0.39, 0.29) is 22.1 Å². The van der Waals surface area contributed by atoms with Gasteiger partial charge in [0.1, 0.15) is 28.7 Å². The Morgan fingerprint density at radius 3 is 1.56 bits per heavy atom. The number of phenols is 5. The molecule has 330 valence electrons. The van der Waals surface area contributed by atoms with Crippen LogP contribution < -0.4 is 0 Å². The Hall–Kier alpha value is -4.31. The number of hydrogen-bond acceptors (Lipinski definition) is 6. The van der Waals surface area contributed by atoms with Crippen LogP contribution in [0.3, 0.4) is 0 Å². The number of aryl methyl sites for hydroxylation is 5. The van der Waals surface area contributed by atoms with Gasteiger partial charge in [0, 0.05) is 25.7 Å². The van der Waals surface area contributed by atoms with E-state index in [1.54, 1.807) is 87.5 Å². The first kappa shape index (κ1) is 53.8. The molecule has 0 spiro atoms. The van der Waals surface area contributed by atoms with Gasteiger partial charge >= 0.3 is 0 Å². The summed E-state index contributed by atoms with van der Waals surface area (Å²) < 4.78 is 0. The highest BCUT2D eigenvalue weighted by Crippen LogP contribution is 2.34. The topological polar surface area (TPSA) is 121 Å². The van der Waals surface area contributed by atoms with Crippen molar-refractivity contribution in [2.45, 2.75) is 65.8 Å². The molecule has 6 aromatic carbocycles. The van der Waals surface area contributed by atoms with Crippen LogP contribution in [0.1, 0.15) is 47.2 Å². The largest absolute Gasteiger partial charge is 0.508 e. The molecule has 0 saturated carbocycles. The molecule has 2 atom stereocenters. The molecule has 1 aliphatic carbocycles. The summed E-state index contributed by atoms with van der Waals surface area (Å²) in [4.78, 5) is 0.0602. The number of aliphatic hydroxyl groups is 1. The molecule has 62 heavy (non-hydrogen) atoms. The molecule has 0 amide bonds. The molecule has 2 unspecified atom stereocenters. The van der Waals surface area contributed by atoms with Crippen LogP contribution in [0.4, 0.5) is 0 Å². The molecule has 6 nitrogen and oxygen atoms in total. The predicted molar refractivity (Wildman–Crippen MR) is 266 cm³/mol. The number of rotatable bonds is 1. The van der Waals surface area contributed by atoms with Crippen LogP contribution in [0.2, 0.25) is 25.1 Å². The number of allylic oxidation sites excluding steroid dienone is 2. The van der Waals surface area contributed by atoms with Crippen LogP contribution in [0, 0.1) is 41.5 Å². The van der Waals surface area contributed by atoms with Crippen molar-refractivity contribution in [3.63, 3.8) is 0 Å². The molecule has 1 aliphatic rings. The van der Waals surface area contributed by atoms with Gasteiger partial charge in [0.05, 0.1) is 15.5 Å². The van der Waals surface area contributed by atoms with E-state index in [0.717, 1.165) is 55.1 Å². The average molecular weight is 1010 g/mol. The number of aromatic hydroxyl groups is 5. The average Bonchev–Trinajstić information content (AvgIpc) is 3.22. The molecule has 0 aromatic heterocycles. The third kappa shape index (κ3) is 17.5. The zero-order chi connectivity index (χ0) is 46.9. The predicted octanol–water partition coefficient (Wildman–Crippen LogP) is 15.8. The molecule has 0 bridgehead atoms. The summed E-state index contributed by atoms with van der Waals surface area (Å²) in [6.07, 6.45) is 5.67. The molecule has 0 radical (unpaired) electrons. The number of phenolic OH excluding ortho intramolecular Hbond substituents is 5. The number of benzene rings is 6. The van der Waals surface area contributed by atoms with Crippen LogP contribution in [0.5, 0.6) is 28.7 Å². The van der Waals surface area contributed by atoms with Crippen LogP contribution in [0.25, 0.3) is 11.1 Å². The van der Waals surface area contributed by atoms with Crippen molar-refractivity contribution in [1.29, 1.82) is 0 Å². The van der Waals surface area contributed by atoms with Gasteiger partial charge in [-0.2, -0.15) is 0 Å². The summed E-state index contributed by atoms with van der Waals surface area (Å²) >= 11 is 32.1. The highest BCUT2D eigenvalue weighted by Gasteiger charge is 2.29.